The SMILES string of the molecule is Nc1nc(C(=O)NCCC2CCCC2)cs1. The lowest BCUT2D eigenvalue weighted by molar-refractivity contribution is 0.0947. The van der Waals surface area contributed by atoms with Gasteiger partial charge in [0.25, 0.3) is 5.91 Å². The second kappa shape index (κ2) is 5.30. The largest absolute Gasteiger partial charge is 0.375 e. The van der Waals surface area contributed by atoms with E-state index in [4.69, 9.17) is 5.73 Å². The van der Waals surface area contributed by atoms with Crippen LogP contribution in [0.2, 0.25) is 0 Å². The Morgan fingerprint density at radius 3 is 2.94 bits per heavy atom. The summed E-state index contributed by atoms with van der Waals surface area (Å²) in [5.74, 6) is 0.701. The number of aromatic nitrogens is 1. The maximum absolute atomic E-state index is 11.6. The van der Waals surface area contributed by atoms with Gasteiger partial charge in [-0.05, 0) is 12.3 Å². The van der Waals surface area contributed by atoms with Crippen molar-refractivity contribution in [1.29, 1.82) is 0 Å². The van der Waals surface area contributed by atoms with Crippen LogP contribution in [-0.4, -0.2) is 17.4 Å². The van der Waals surface area contributed by atoms with Crippen molar-refractivity contribution >= 4 is 22.4 Å². The molecule has 0 unspecified atom stereocenters. The molecule has 1 amide bonds. The summed E-state index contributed by atoms with van der Waals surface area (Å²) in [6, 6.07) is 0. The van der Waals surface area contributed by atoms with Crippen molar-refractivity contribution in [3.05, 3.63) is 11.1 Å². The maximum atomic E-state index is 11.6. The molecule has 0 atom stereocenters. The summed E-state index contributed by atoms with van der Waals surface area (Å²) in [5.41, 5.74) is 5.91. The van der Waals surface area contributed by atoms with Crippen LogP contribution < -0.4 is 11.1 Å². The Hall–Kier alpha value is -1.10. The topological polar surface area (TPSA) is 68.0 Å². The molecule has 1 fully saturated rings. The van der Waals surface area contributed by atoms with E-state index in [1.807, 2.05) is 0 Å². The van der Waals surface area contributed by atoms with Crippen LogP contribution in [0, 0.1) is 5.92 Å². The standard InChI is InChI=1S/C11H17N3OS/c12-11-14-9(7-16-11)10(15)13-6-5-8-3-1-2-4-8/h7-8H,1-6H2,(H2,12,14)(H,13,15). The van der Waals surface area contributed by atoms with Gasteiger partial charge in [-0.2, -0.15) is 0 Å². The van der Waals surface area contributed by atoms with E-state index >= 15 is 0 Å². The first-order chi connectivity index (χ1) is 7.75. The number of amides is 1. The molecule has 5 heteroatoms. The molecule has 1 aliphatic carbocycles. The normalized spacial score (nSPS) is 16.5. The van der Waals surface area contributed by atoms with Crippen LogP contribution in [0.25, 0.3) is 0 Å². The minimum atomic E-state index is -0.106. The lowest BCUT2D eigenvalue weighted by Gasteiger charge is -2.08. The summed E-state index contributed by atoms with van der Waals surface area (Å²) < 4.78 is 0. The third kappa shape index (κ3) is 2.95. The molecule has 0 radical (unpaired) electrons. The van der Waals surface area contributed by atoms with Crippen LogP contribution in [-0.2, 0) is 0 Å². The highest BCUT2D eigenvalue weighted by molar-refractivity contribution is 7.13. The highest BCUT2D eigenvalue weighted by Crippen LogP contribution is 2.26. The van der Waals surface area contributed by atoms with Crippen molar-refractivity contribution in [3.63, 3.8) is 0 Å². The zero-order valence-corrected chi connectivity index (χ0v) is 10.1. The number of hydrogen-bond donors (Lipinski definition) is 2. The summed E-state index contributed by atoms with van der Waals surface area (Å²) in [6.07, 6.45) is 6.42. The number of carbonyl (C=O) groups excluding carboxylic acids is 1. The third-order valence-electron chi connectivity index (χ3n) is 3.07. The zero-order valence-electron chi connectivity index (χ0n) is 9.24. The predicted molar refractivity (Wildman–Crippen MR) is 65.4 cm³/mol. The van der Waals surface area contributed by atoms with Crippen molar-refractivity contribution in [2.24, 2.45) is 5.92 Å². The van der Waals surface area contributed by atoms with Crippen LogP contribution in [0.15, 0.2) is 5.38 Å². The monoisotopic (exact) mass is 239 g/mol. The first-order valence-electron chi connectivity index (χ1n) is 5.75. The van der Waals surface area contributed by atoms with E-state index in [-0.39, 0.29) is 5.91 Å². The van der Waals surface area contributed by atoms with Gasteiger partial charge in [-0.25, -0.2) is 4.98 Å². The molecule has 1 aromatic heterocycles. The Labute approximate surface area is 99.3 Å². The third-order valence-corrected chi connectivity index (χ3v) is 3.74. The molecule has 16 heavy (non-hydrogen) atoms. The number of rotatable bonds is 4. The fourth-order valence-corrected chi connectivity index (χ4v) is 2.71. The first-order valence-corrected chi connectivity index (χ1v) is 6.63. The van der Waals surface area contributed by atoms with Crippen LogP contribution in [0.5, 0.6) is 0 Å². The number of carbonyl (C=O) groups is 1. The molecule has 0 saturated heterocycles. The molecule has 0 spiro atoms. The molecule has 1 aromatic rings. The lowest BCUT2D eigenvalue weighted by Crippen LogP contribution is -2.25. The fraction of sp³-hybridized carbons (Fsp3) is 0.636. The van der Waals surface area contributed by atoms with Crippen LogP contribution in [0.3, 0.4) is 0 Å². The minimum absolute atomic E-state index is 0.106. The number of nitrogens with one attached hydrogen (secondary N) is 1. The van der Waals surface area contributed by atoms with Gasteiger partial charge in [-0.1, -0.05) is 25.7 Å². The van der Waals surface area contributed by atoms with E-state index in [1.165, 1.54) is 37.0 Å². The fourth-order valence-electron chi connectivity index (χ4n) is 2.17. The number of anilines is 1. The van der Waals surface area contributed by atoms with Gasteiger partial charge in [0, 0.05) is 11.9 Å². The molecule has 3 N–H and O–H groups in total. The van der Waals surface area contributed by atoms with Gasteiger partial charge < -0.3 is 11.1 Å². The molecular weight excluding hydrogens is 222 g/mol. The predicted octanol–water partition coefficient (Wildman–Crippen LogP) is 2.04. The summed E-state index contributed by atoms with van der Waals surface area (Å²) in [4.78, 5) is 15.6. The number of nitrogens with zero attached hydrogens (tertiary/aromatic N) is 1. The molecule has 88 valence electrons. The van der Waals surface area contributed by atoms with Gasteiger partial charge in [-0.15, -0.1) is 11.3 Å². The Balaban J connectivity index is 1.71. The second-order valence-electron chi connectivity index (χ2n) is 4.27. The van der Waals surface area contributed by atoms with E-state index < -0.39 is 0 Å². The highest BCUT2D eigenvalue weighted by atomic mass is 32.1. The molecule has 1 saturated carbocycles. The summed E-state index contributed by atoms with van der Waals surface area (Å²) in [7, 11) is 0. The van der Waals surface area contributed by atoms with Crippen LogP contribution in [0.1, 0.15) is 42.6 Å². The first kappa shape index (κ1) is 11.4. The maximum Gasteiger partial charge on any atom is 0.270 e. The van der Waals surface area contributed by atoms with Crippen LogP contribution >= 0.6 is 11.3 Å². The van der Waals surface area contributed by atoms with Crippen LogP contribution in [0.4, 0.5) is 5.13 Å². The van der Waals surface area contributed by atoms with Gasteiger partial charge in [0.1, 0.15) is 5.69 Å². The average molecular weight is 239 g/mol. The van der Waals surface area contributed by atoms with Crippen molar-refractivity contribution in [3.8, 4) is 0 Å². The number of hydrogen-bond acceptors (Lipinski definition) is 4. The van der Waals surface area contributed by atoms with Gasteiger partial charge in [-0.3, -0.25) is 4.79 Å². The van der Waals surface area contributed by atoms with Crippen molar-refractivity contribution in [2.75, 3.05) is 12.3 Å². The van der Waals surface area contributed by atoms with Crippen molar-refractivity contribution < 1.29 is 4.79 Å². The lowest BCUT2D eigenvalue weighted by atomic mass is 10.0. The average Bonchev–Trinajstić information content (AvgIpc) is 2.89. The minimum Gasteiger partial charge on any atom is -0.375 e. The summed E-state index contributed by atoms with van der Waals surface area (Å²) >= 11 is 1.30. The molecule has 1 heterocycles. The Morgan fingerprint density at radius 2 is 2.31 bits per heavy atom. The number of nitrogens with two attached hydrogens (primary N) is 1. The smallest absolute Gasteiger partial charge is 0.270 e. The zero-order chi connectivity index (χ0) is 11.4. The second-order valence-corrected chi connectivity index (χ2v) is 5.16. The molecule has 0 aliphatic heterocycles. The van der Waals surface area contributed by atoms with Gasteiger partial charge in [0.05, 0.1) is 0 Å². The van der Waals surface area contributed by atoms with Gasteiger partial charge in [0.2, 0.25) is 0 Å². The number of nitrogen functional groups attached to an aromatic ring is 1. The highest BCUT2D eigenvalue weighted by Gasteiger charge is 2.15. The van der Waals surface area contributed by atoms with Gasteiger partial charge >= 0.3 is 0 Å². The van der Waals surface area contributed by atoms with Crippen molar-refractivity contribution in [2.45, 2.75) is 32.1 Å². The quantitative estimate of drug-likeness (QED) is 0.844. The Bertz CT molecular complexity index is 358. The van der Waals surface area contributed by atoms with E-state index in [0.29, 0.717) is 10.8 Å². The number of thiazole rings is 1. The van der Waals surface area contributed by atoms with E-state index in [9.17, 15) is 4.79 Å². The van der Waals surface area contributed by atoms with E-state index in [2.05, 4.69) is 10.3 Å². The van der Waals surface area contributed by atoms with E-state index in [1.54, 1.807) is 5.38 Å². The van der Waals surface area contributed by atoms with Crippen molar-refractivity contribution in [1.82, 2.24) is 10.3 Å². The summed E-state index contributed by atoms with van der Waals surface area (Å²) in [6.45, 7) is 0.751. The van der Waals surface area contributed by atoms with E-state index in [0.717, 1.165) is 18.9 Å². The molecule has 0 aromatic carbocycles. The molecular formula is C11H17N3OS. The molecule has 1 aliphatic rings. The molecule has 4 nitrogen and oxygen atoms in total. The Kier molecular flexibility index (Phi) is 3.77. The molecule has 0 bridgehead atoms. The molecule has 2 rings (SSSR count). The van der Waals surface area contributed by atoms with Gasteiger partial charge in [0.15, 0.2) is 5.13 Å². The summed E-state index contributed by atoms with van der Waals surface area (Å²) in [5, 5.41) is 5.03. The Morgan fingerprint density at radius 1 is 1.56 bits per heavy atom.